The van der Waals surface area contributed by atoms with Crippen molar-refractivity contribution in [3.63, 3.8) is 0 Å². The van der Waals surface area contributed by atoms with E-state index in [-0.39, 0.29) is 5.91 Å². The predicted octanol–water partition coefficient (Wildman–Crippen LogP) is 0.274. The van der Waals surface area contributed by atoms with Gasteiger partial charge < -0.3 is 20.3 Å². The largest absolute Gasteiger partial charge is 0.464 e. The predicted molar refractivity (Wildman–Crippen MR) is 79.5 cm³/mol. The molecule has 1 atom stereocenters. The molecule has 21 heavy (non-hydrogen) atoms. The molecule has 0 saturated carbocycles. The number of carbonyl (C=O) groups excluding carboxylic acids is 1. The highest BCUT2D eigenvalue weighted by Crippen LogP contribution is 2.32. The van der Waals surface area contributed by atoms with Gasteiger partial charge in [-0.3, -0.25) is 4.79 Å². The highest BCUT2D eigenvalue weighted by molar-refractivity contribution is 5.83. The van der Waals surface area contributed by atoms with Crippen LogP contribution >= 0.6 is 0 Å². The van der Waals surface area contributed by atoms with Crippen molar-refractivity contribution in [1.29, 1.82) is 0 Å². The SMILES string of the molecule is CCOc1nc(NC)nc(N2CCC(C)(C(=O)NC)C2)n1. The molecule has 8 nitrogen and oxygen atoms in total. The van der Waals surface area contributed by atoms with Gasteiger partial charge in [-0.25, -0.2) is 0 Å². The molecular weight excluding hydrogens is 272 g/mol. The number of nitrogens with one attached hydrogen (secondary N) is 2. The van der Waals surface area contributed by atoms with Gasteiger partial charge in [0.15, 0.2) is 0 Å². The summed E-state index contributed by atoms with van der Waals surface area (Å²) in [7, 11) is 3.40. The summed E-state index contributed by atoms with van der Waals surface area (Å²) in [4.78, 5) is 26.8. The molecule has 1 aromatic rings. The van der Waals surface area contributed by atoms with Gasteiger partial charge in [-0.2, -0.15) is 15.0 Å². The first-order chi connectivity index (χ1) is 10.0. The summed E-state index contributed by atoms with van der Waals surface area (Å²) in [6, 6.07) is 0.292. The van der Waals surface area contributed by atoms with Gasteiger partial charge in [0, 0.05) is 27.2 Å². The summed E-state index contributed by atoms with van der Waals surface area (Å²) in [5.74, 6) is 1.03. The van der Waals surface area contributed by atoms with Gasteiger partial charge in [0.2, 0.25) is 17.8 Å². The van der Waals surface area contributed by atoms with Gasteiger partial charge in [0.25, 0.3) is 0 Å². The lowest BCUT2D eigenvalue weighted by Gasteiger charge is -2.22. The van der Waals surface area contributed by atoms with Crippen LogP contribution in [0.15, 0.2) is 0 Å². The Labute approximate surface area is 124 Å². The molecule has 1 amide bonds. The third-order valence-electron chi connectivity index (χ3n) is 3.63. The van der Waals surface area contributed by atoms with Crippen LogP contribution in [0.2, 0.25) is 0 Å². The molecule has 1 unspecified atom stereocenters. The molecule has 8 heteroatoms. The van der Waals surface area contributed by atoms with E-state index in [1.165, 1.54) is 0 Å². The average Bonchev–Trinajstić information content (AvgIpc) is 2.90. The summed E-state index contributed by atoms with van der Waals surface area (Å²) in [5.41, 5.74) is -0.424. The van der Waals surface area contributed by atoms with Crippen LogP contribution < -0.4 is 20.3 Å². The van der Waals surface area contributed by atoms with Crippen LogP contribution in [0.25, 0.3) is 0 Å². The minimum absolute atomic E-state index is 0.0397. The second kappa shape index (κ2) is 6.11. The van der Waals surface area contributed by atoms with E-state index >= 15 is 0 Å². The monoisotopic (exact) mass is 294 g/mol. The molecule has 2 heterocycles. The van der Waals surface area contributed by atoms with Crippen LogP contribution in [-0.2, 0) is 4.79 Å². The van der Waals surface area contributed by atoms with E-state index in [2.05, 4.69) is 25.6 Å². The summed E-state index contributed by atoms with van der Waals surface area (Å²) in [5, 5.41) is 5.61. The zero-order valence-electron chi connectivity index (χ0n) is 12.9. The maximum Gasteiger partial charge on any atom is 0.323 e. The molecule has 0 radical (unpaired) electrons. The lowest BCUT2D eigenvalue weighted by Crippen LogP contribution is -2.39. The van der Waals surface area contributed by atoms with Gasteiger partial charge in [-0.15, -0.1) is 0 Å². The van der Waals surface area contributed by atoms with Gasteiger partial charge >= 0.3 is 6.01 Å². The van der Waals surface area contributed by atoms with E-state index in [0.29, 0.717) is 31.1 Å². The van der Waals surface area contributed by atoms with Crippen molar-refractivity contribution in [2.45, 2.75) is 20.3 Å². The van der Waals surface area contributed by atoms with Crippen LogP contribution in [0.3, 0.4) is 0 Å². The zero-order chi connectivity index (χ0) is 15.5. The Morgan fingerprint density at radius 1 is 1.38 bits per heavy atom. The van der Waals surface area contributed by atoms with Crippen LogP contribution in [0.4, 0.5) is 11.9 Å². The molecule has 0 aliphatic carbocycles. The van der Waals surface area contributed by atoms with E-state index in [0.717, 1.165) is 13.0 Å². The number of amides is 1. The normalized spacial score (nSPS) is 21.2. The molecule has 1 saturated heterocycles. The lowest BCUT2D eigenvalue weighted by molar-refractivity contribution is -0.128. The molecule has 2 N–H and O–H groups in total. The quantitative estimate of drug-likeness (QED) is 0.805. The Morgan fingerprint density at radius 3 is 2.76 bits per heavy atom. The second-order valence-corrected chi connectivity index (χ2v) is 5.24. The average molecular weight is 294 g/mol. The first kappa shape index (κ1) is 15.3. The summed E-state index contributed by atoms with van der Waals surface area (Å²) in [6.45, 7) is 5.62. The fourth-order valence-corrected chi connectivity index (χ4v) is 2.41. The second-order valence-electron chi connectivity index (χ2n) is 5.24. The first-order valence-corrected chi connectivity index (χ1v) is 7.06. The fraction of sp³-hybridized carbons (Fsp3) is 0.692. The minimum atomic E-state index is -0.424. The molecule has 0 aromatic carbocycles. The topological polar surface area (TPSA) is 92.3 Å². The Hall–Kier alpha value is -2.12. The fourth-order valence-electron chi connectivity index (χ4n) is 2.41. The van der Waals surface area contributed by atoms with Crippen LogP contribution in [-0.4, -0.2) is 54.7 Å². The first-order valence-electron chi connectivity index (χ1n) is 7.06. The number of rotatable bonds is 5. The van der Waals surface area contributed by atoms with Crippen LogP contribution in [0, 0.1) is 5.41 Å². The molecule has 0 bridgehead atoms. The number of hydrogen-bond acceptors (Lipinski definition) is 7. The maximum absolute atomic E-state index is 12.0. The summed E-state index contributed by atoms with van der Waals surface area (Å²) < 4.78 is 5.36. The van der Waals surface area contributed by atoms with E-state index in [1.54, 1.807) is 14.1 Å². The van der Waals surface area contributed by atoms with E-state index in [9.17, 15) is 4.79 Å². The van der Waals surface area contributed by atoms with Gasteiger partial charge in [0.05, 0.1) is 12.0 Å². The molecule has 1 fully saturated rings. The van der Waals surface area contributed by atoms with Crippen LogP contribution in [0.1, 0.15) is 20.3 Å². The number of hydrogen-bond donors (Lipinski definition) is 2. The Balaban J connectivity index is 2.23. The van der Waals surface area contributed by atoms with Crippen molar-refractivity contribution in [3.05, 3.63) is 0 Å². The number of anilines is 2. The lowest BCUT2D eigenvalue weighted by atomic mass is 9.89. The third-order valence-corrected chi connectivity index (χ3v) is 3.63. The van der Waals surface area contributed by atoms with Crippen molar-refractivity contribution in [3.8, 4) is 6.01 Å². The Morgan fingerprint density at radius 2 is 2.14 bits per heavy atom. The van der Waals surface area contributed by atoms with Gasteiger partial charge in [0.1, 0.15) is 0 Å². The zero-order valence-corrected chi connectivity index (χ0v) is 12.9. The van der Waals surface area contributed by atoms with Crippen LogP contribution in [0.5, 0.6) is 6.01 Å². The van der Waals surface area contributed by atoms with Crippen molar-refractivity contribution in [2.75, 3.05) is 44.0 Å². The van der Waals surface area contributed by atoms with E-state index in [4.69, 9.17) is 4.74 Å². The standard InChI is InChI=1S/C13H22N6O2/c1-5-21-12-17-10(15-4)16-11(18-12)19-7-6-13(2,8-19)9(20)14-3/h5-8H2,1-4H3,(H,14,20)(H,15,16,17,18). The Bertz CT molecular complexity index is 523. The maximum atomic E-state index is 12.0. The molecule has 2 rings (SSSR count). The number of carbonyl (C=O) groups is 1. The highest BCUT2D eigenvalue weighted by Gasteiger charge is 2.40. The molecule has 116 valence electrons. The molecular formula is C13H22N6O2. The third kappa shape index (κ3) is 3.14. The van der Waals surface area contributed by atoms with Gasteiger partial charge in [-0.1, -0.05) is 0 Å². The molecule has 1 aliphatic heterocycles. The highest BCUT2D eigenvalue weighted by atomic mass is 16.5. The summed E-state index contributed by atoms with van der Waals surface area (Å²) in [6.07, 6.45) is 0.761. The van der Waals surface area contributed by atoms with Gasteiger partial charge in [-0.05, 0) is 20.3 Å². The Kier molecular flexibility index (Phi) is 4.44. The molecule has 1 aromatic heterocycles. The van der Waals surface area contributed by atoms with Crippen molar-refractivity contribution in [1.82, 2.24) is 20.3 Å². The number of ether oxygens (including phenoxy) is 1. The van der Waals surface area contributed by atoms with E-state index in [1.807, 2.05) is 18.7 Å². The molecule has 1 aliphatic rings. The number of nitrogens with zero attached hydrogens (tertiary/aromatic N) is 4. The minimum Gasteiger partial charge on any atom is -0.464 e. The van der Waals surface area contributed by atoms with Crippen molar-refractivity contribution < 1.29 is 9.53 Å². The van der Waals surface area contributed by atoms with E-state index < -0.39 is 5.41 Å². The van der Waals surface area contributed by atoms with Crippen molar-refractivity contribution in [2.24, 2.45) is 5.41 Å². The summed E-state index contributed by atoms with van der Waals surface area (Å²) >= 11 is 0. The molecule has 0 spiro atoms. The van der Waals surface area contributed by atoms with Crippen molar-refractivity contribution >= 4 is 17.8 Å². The number of aromatic nitrogens is 3. The smallest absolute Gasteiger partial charge is 0.323 e.